The Morgan fingerprint density at radius 1 is 1.19 bits per heavy atom. The van der Waals surface area contributed by atoms with Crippen LogP contribution in [0.3, 0.4) is 0 Å². The highest BCUT2D eigenvalue weighted by molar-refractivity contribution is 7.80. The quantitative estimate of drug-likeness (QED) is 0.569. The van der Waals surface area contributed by atoms with Crippen molar-refractivity contribution in [1.82, 2.24) is 9.88 Å². The zero-order chi connectivity index (χ0) is 22.1. The van der Waals surface area contributed by atoms with Crippen molar-refractivity contribution < 1.29 is 14.2 Å². The number of aromatic nitrogens is 1. The zero-order valence-electron chi connectivity index (χ0n) is 17.8. The largest absolute Gasteiger partial charge is 0.454 e. The molecule has 2 aromatic carbocycles. The van der Waals surface area contributed by atoms with Crippen LogP contribution in [0.5, 0.6) is 11.5 Å². The molecule has 0 radical (unpaired) electrons. The molecule has 3 heterocycles. The van der Waals surface area contributed by atoms with E-state index in [1.165, 1.54) is 5.56 Å². The Morgan fingerprint density at radius 3 is 2.72 bits per heavy atom. The van der Waals surface area contributed by atoms with Gasteiger partial charge in [-0.25, -0.2) is 0 Å². The summed E-state index contributed by atoms with van der Waals surface area (Å²) >= 11 is 5.74. The first-order valence-electron chi connectivity index (χ1n) is 10.7. The smallest absolute Gasteiger partial charge is 0.253 e. The van der Waals surface area contributed by atoms with Gasteiger partial charge in [-0.05, 0) is 56.2 Å². The first-order chi connectivity index (χ1) is 15.5. The summed E-state index contributed by atoms with van der Waals surface area (Å²) < 4.78 is 16.7. The normalized spacial score (nSPS) is 17.0. The lowest BCUT2D eigenvalue weighted by atomic mass is 10.1. The van der Waals surface area contributed by atoms with Crippen LogP contribution < -0.4 is 20.3 Å². The second kappa shape index (κ2) is 8.80. The lowest BCUT2D eigenvalue weighted by molar-refractivity contribution is 0.0904. The van der Waals surface area contributed by atoms with Gasteiger partial charge in [-0.1, -0.05) is 17.7 Å². The Kier molecular flexibility index (Phi) is 5.71. The molecule has 5 rings (SSSR count). The van der Waals surface area contributed by atoms with Crippen LogP contribution in [0.15, 0.2) is 47.3 Å². The molecule has 2 aliphatic heterocycles. The highest BCUT2D eigenvalue weighted by Crippen LogP contribution is 2.35. The molecule has 0 amide bonds. The van der Waals surface area contributed by atoms with Gasteiger partial charge in [-0.15, -0.1) is 0 Å². The predicted octanol–water partition coefficient (Wildman–Crippen LogP) is 3.94. The van der Waals surface area contributed by atoms with E-state index in [2.05, 4.69) is 10.3 Å². The van der Waals surface area contributed by atoms with Gasteiger partial charge in [0.15, 0.2) is 16.6 Å². The summed E-state index contributed by atoms with van der Waals surface area (Å²) in [4.78, 5) is 17.9. The number of ether oxygens (including phenoxy) is 3. The molecule has 32 heavy (non-hydrogen) atoms. The molecule has 8 heteroatoms. The van der Waals surface area contributed by atoms with Crippen molar-refractivity contribution in [3.05, 3.63) is 63.9 Å². The third-order valence-electron chi connectivity index (χ3n) is 5.81. The maximum absolute atomic E-state index is 12.9. The van der Waals surface area contributed by atoms with Crippen molar-refractivity contribution >= 4 is 33.9 Å². The number of rotatable bonds is 5. The van der Waals surface area contributed by atoms with E-state index in [4.69, 9.17) is 26.4 Å². The molecule has 1 unspecified atom stereocenters. The summed E-state index contributed by atoms with van der Waals surface area (Å²) in [5.41, 5.74) is 3.29. The molecule has 0 bridgehead atoms. The van der Waals surface area contributed by atoms with Crippen molar-refractivity contribution in [2.24, 2.45) is 0 Å². The number of benzene rings is 2. The molecular weight excluding hydrogens is 426 g/mol. The standard InChI is InChI=1S/C24H25N3O4S/c1-15-4-6-18(7-5-15)25-24(32)27(13-19-3-2-8-29-19)12-17-9-16-10-21-22(31-14-30-21)11-20(16)26-23(17)28/h4-7,9-11,19H,2-3,8,12-14H2,1H3,(H,25,32)(H,26,28). The summed E-state index contributed by atoms with van der Waals surface area (Å²) in [6, 6.07) is 13.7. The minimum atomic E-state index is -0.146. The molecule has 1 fully saturated rings. The second-order valence-electron chi connectivity index (χ2n) is 8.23. The van der Waals surface area contributed by atoms with Crippen molar-refractivity contribution in [3.63, 3.8) is 0 Å². The first kappa shape index (κ1) is 20.8. The molecule has 1 saturated heterocycles. The van der Waals surface area contributed by atoms with E-state index in [1.807, 2.05) is 48.2 Å². The molecule has 2 aliphatic rings. The summed E-state index contributed by atoms with van der Waals surface area (Å²) in [5, 5.41) is 4.76. The summed E-state index contributed by atoms with van der Waals surface area (Å²) in [7, 11) is 0. The fourth-order valence-electron chi connectivity index (χ4n) is 4.06. The fourth-order valence-corrected chi connectivity index (χ4v) is 4.31. The summed E-state index contributed by atoms with van der Waals surface area (Å²) in [5.74, 6) is 1.33. The number of hydrogen-bond acceptors (Lipinski definition) is 5. The molecule has 7 nitrogen and oxygen atoms in total. The number of nitrogens with one attached hydrogen (secondary N) is 2. The van der Waals surface area contributed by atoms with Crippen molar-refractivity contribution in [1.29, 1.82) is 0 Å². The zero-order valence-corrected chi connectivity index (χ0v) is 18.7. The van der Waals surface area contributed by atoms with E-state index < -0.39 is 0 Å². The average Bonchev–Trinajstić information content (AvgIpc) is 3.45. The van der Waals surface area contributed by atoms with E-state index in [0.29, 0.717) is 40.8 Å². The van der Waals surface area contributed by atoms with E-state index in [9.17, 15) is 4.79 Å². The summed E-state index contributed by atoms with van der Waals surface area (Å²) in [6.45, 7) is 4.00. The Bertz CT molecular complexity index is 1200. The van der Waals surface area contributed by atoms with Crippen LogP contribution in [0.25, 0.3) is 10.9 Å². The monoisotopic (exact) mass is 451 g/mol. The lowest BCUT2D eigenvalue weighted by Gasteiger charge is -2.28. The van der Waals surface area contributed by atoms with Crippen LogP contribution in [-0.4, -0.2) is 41.0 Å². The Balaban J connectivity index is 1.42. The number of anilines is 1. The van der Waals surface area contributed by atoms with Gasteiger partial charge in [0.05, 0.1) is 18.2 Å². The van der Waals surface area contributed by atoms with Crippen LogP contribution in [0.2, 0.25) is 0 Å². The first-order valence-corrected chi connectivity index (χ1v) is 11.2. The third-order valence-corrected chi connectivity index (χ3v) is 6.17. The summed E-state index contributed by atoms with van der Waals surface area (Å²) in [6.07, 6.45) is 2.13. The number of aryl methyl sites for hydroxylation is 1. The predicted molar refractivity (Wildman–Crippen MR) is 127 cm³/mol. The van der Waals surface area contributed by atoms with Gasteiger partial charge < -0.3 is 29.4 Å². The number of pyridine rings is 1. The highest BCUT2D eigenvalue weighted by Gasteiger charge is 2.23. The Morgan fingerprint density at radius 2 is 1.97 bits per heavy atom. The van der Waals surface area contributed by atoms with Gasteiger partial charge >= 0.3 is 0 Å². The molecule has 1 atom stereocenters. The van der Waals surface area contributed by atoms with Crippen molar-refractivity contribution in [2.75, 3.05) is 25.3 Å². The number of fused-ring (bicyclic) bond motifs is 2. The van der Waals surface area contributed by atoms with Gasteiger partial charge in [0.1, 0.15) is 0 Å². The molecular formula is C24H25N3O4S. The maximum Gasteiger partial charge on any atom is 0.253 e. The molecule has 1 aromatic heterocycles. The third kappa shape index (κ3) is 4.42. The van der Waals surface area contributed by atoms with Crippen LogP contribution >= 0.6 is 12.2 Å². The molecule has 0 saturated carbocycles. The maximum atomic E-state index is 12.9. The highest BCUT2D eigenvalue weighted by atomic mass is 32.1. The number of H-pyrrole nitrogens is 1. The minimum Gasteiger partial charge on any atom is -0.454 e. The fraction of sp³-hybridized carbons (Fsp3) is 0.333. The molecule has 0 aliphatic carbocycles. The Labute approximate surface area is 191 Å². The number of hydrogen-bond donors (Lipinski definition) is 2. The van der Waals surface area contributed by atoms with Crippen LogP contribution in [-0.2, 0) is 11.3 Å². The van der Waals surface area contributed by atoms with Gasteiger partial charge in [-0.2, -0.15) is 0 Å². The van der Waals surface area contributed by atoms with E-state index in [-0.39, 0.29) is 18.5 Å². The van der Waals surface area contributed by atoms with E-state index in [1.54, 1.807) is 6.07 Å². The molecule has 3 aromatic rings. The van der Waals surface area contributed by atoms with Crippen LogP contribution in [0.4, 0.5) is 5.69 Å². The van der Waals surface area contributed by atoms with Crippen LogP contribution in [0, 0.1) is 6.92 Å². The minimum absolute atomic E-state index is 0.0983. The number of nitrogens with zero attached hydrogens (tertiary/aromatic N) is 1. The van der Waals surface area contributed by atoms with Crippen LogP contribution in [0.1, 0.15) is 24.0 Å². The van der Waals surface area contributed by atoms with Gasteiger partial charge in [0.25, 0.3) is 5.56 Å². The molecule has 2 N–H and O–H groups in total. The lowest BCUT2D eigenvalue weighted by Crippen LogP contribution is -2.40. The average molecular weight is 452 g/mol. The number of aromatic amines is 1. The molecule has 166 valence electrons. The van der Waals surface area contributed by atoms with E-state index >= 15 is 0 Å². The number of thiocarbonyl (C=S) groups is 1. The SMILES string of the molecule is Cc1ccc(NC(=S)N(Cc2cc3cc4c(cc3[nH]c2=O)OCO4)CC2CCCO2)cc1. The van der Waals surface area contributed by atoms with Crippen molar-refractivity contribution in [2.45, 2.75) is 32.4 Å². The molecule has 0 spiro atoms. The second-order valence-corrected chi connectivity index (χ2v) is 8.61. The van der Waals surface area contributed by atoms with Gasteiger partial charge in [-0.3, -0.25) is 4.79 Å². The van der Waals surface area contributed by atoms with Crippen molar-refractivity contribution in [3.8, 4) is 11.5 Å². The van der Waals surface area contributed by atoms with E-state index in [0.717, 1.165) is 30.5 Å². The Hall–Kier alpha value is -3.10. The van der Waals surface area contributed by atoms with Gasteiger partial charge in [0.2, 0.25) is 6.79 Å². The van der Waals surface area contributed by atoms with Gasteiger partial charge in [0, 0.05) is 35.9 Å². The topological polar surface area (TPSA) is 75.8 Å².